The summed E-state index contributed by atoms with van der Waals surface area (Å²) in [5, 5.41) is 20.1. The number of nitrogens with two attached hydrogens (primary N) is 1. The molecule has 0 amide bonds. The van der Waals surface area contributed by atoms with Crippen molar-refractivity contribution >= 4 is 27.8 Å². The van der Waals surface area contributed by atoms with Crippen LogP contribution in [0.1, 0.15) is 12.6 Å². The van der Waals surface area contributed by atoms with Crippen LogP contribution in [-0.2, 0) is 4.74 Å². The molecule has 0 bridgehead atoms. The van der Waals surface area contributed by atoms with E-state index in [9.17, 15) is 10.2 Å². The van der Waals surface area contributed by atoms with E-state index >= 15 is 0 Å². The number of nitrogen functional groups attached to an aromatic ring is 1. The topological polar surface area (TPSA) is 106 Å². The highest BCUT2D eigenvalue weighted by atomic mass is 16.5. The van der Waals surface area contributed by atoms with Crippen LogP contribution in [0.3, 0.4) is 0 Å². The Morgan fingerprint density at radius 1 is 1.36 bits per heavy atom. The SMILES string of the molecule is Nc1nc2ccccc2c2c1ncn2[C@H]1C[C@H](O)[C@@H](CO)O1. The molecule has 1 aliphatic rings. The van der Waals surface area contributed by atoms with E-state index in [1.54, 1.807) is 6.33 Å². The lowest BCUT2D eigenvalue weighted by Gasteiger charge is -2.15. The number of hydrogen-bond donors (Lipinski definition) is 3. The van der Waals surface area contributed by atoms with Crippen molar-refractivity contribution in [2.45, 2.75) is 24.9 Å². The average Bonchev–Trinajstić information content (AvgIpc) is 3.11. The Kier molecular flexibility index (Phi) is 3.00. The Morgan fingerprint density at radius 3 is 2.95 bits per heavy atom. The van der Waals surface area contributed by atoms with Gasteiger partial charge in [-0.1, -0.05) is 18.2 Å². The number of fused-ring (bicyclic) bond motifs is 3. The normalized spacial score (nSPS) is 25.3. The summed E-state index contributed by atoms with van der Waals surface area (Å²) in [5.41, 5.74) is 8.23. The number of imidazole rings is 1. The van der Waals surface area contributed by atoms with Crippen molar-refractivity contribution in [3.8, 4) is 0 Å². The average molecular weight is 300 g/mol. The van der Waals surface area contributed by atoms with Crippen LogP contribution in [0.5, 0.6) is 0 Å². The van der Waals surface area contributed by atoms with Gasteiger partial charge in [0.25, 0.3) is 0 Å². The number of nitrogens with zero attached hydrogens (tertiary/aromatic N) is 3. The Morgan fingerprint density at radius 2 is 2.18 bits per heavy atom. The van der Waals surface area contributed by atoms with Gasteiger partial charge in [-0.05, 0) is 6.07 Å². The minimum Gasteiger partial charge on any atom is -0.394 e. The molecule has 3 aromatic rings. The summed E-state index contributed by atoms with van der Waals surface area (Å²) in [7, 11) is 0. The molecule has 114 valence electrons. The van der Waals surface area contributed by atoms with E-state index in [4.69, 9.17) is 10.5 Å². The Hall–Kier alpha value is -2.22. The molecule has 3 atom stereocenters. The second-order valence-electron chi connectivity index (χ2n) is 5.48. The standard InChI is InChI=1S/C15H16N4O3/c16-15-13-14(8-3-1-2-4-9(8)18-15)19(7-17-13)12-5-10(21)11(6-20)22-12/h1-4,7,10-12,20-21H,5-6H2,(H2,16,18)/t10-,11+,12+/m0/s1. The lowest BCUT2D eigenvalue weighted by Crippen LogP contribution is -2.24. The van der Waals surface area contributed by atoms with Crippen molar-refractivity contribution < 1.29 is 14.9 Å². The van der Waals surface area contributed by atoms with Gasteiger partial charge in [-0.2, -0.15) is 0 Å². The van der Waals surface area contributed by atoms with Crippen molar-refractivity contribution in [2.75, 3.05) is 12.3 Å². The maximum Gasteiger partial charge on any atom is 0.152 e. The fourth-order valence-electron chi connectivity index (χ4n) is 3.04. The zero-order valence-corrected chi connectivity index (χ0v) is 11.8. The van der Waals surface area contributed by atoms with Gasteiger partial charge < -0.3 is 25.3 Å². The van der Waals surface area contributed by atoms with E-state index in [0.29, 0.717) is 17.8 Å². The van der Waals surface area contributed by atoms with Gasteiger partial charge >= 0.3 is 0 Å². The summed E-state index contributed by atoms with van der Waals surface area (Å²) in [6.45, 7) is -0.214. The molecule has 0 aliphatic carbocycles. The largest absolute Gasteiger partial charge is 0.394 e. The molecule has 0 spiro atoms. The molecule has 1 aliphatic heterocycles. The minimum absolute atomic E-state index is 0.214. The highest BCUT2D eigenvalue weighted by molar-refractivity contribution is 6.06. The number of ether oxygens (including phenoxy) is 1. The van der Waals surface area contributed by atoms with Gasteiger partial charge in [-0.3, -0.25) is 0 Å². The van der Waals surface area contributed by atoms with Crippen LogP contribution < -0.4 is 5.73 Å². The summed E-state index contributed by atoms with van der Waals surface area (Å²) in [6, 6.07) is 7.68. The van der Waals surface area contributed by atoms with Crippen molar-refractivity contribution in [1.29, 1.82) is 0 Å². The molecule has 7 heteroatoms. The fraction of sp³-hybridized carbons (Fsp3) is 0.333. The van der Waals surface area contributed by atoms with E-state index in [-0.39, 0.29) is 12.8 Å². The first-order valence-electron chi connectivity index (χ1n) is 7.14. The van der Waals surface area contributed by atoms with E-state index in [1.807, 2.05) is 28.8 Å². The van der Waals surface area contributed by atoms with Gasteiger partial charge in [0.2, 0.25) is 0 Å². The monoisotopic (exact) mass is 300 g/mol. The van der Waals surface area contributed by atoms with Gasteiger partial charge in [-0.15, -0.1) is 0 Å². The van der Waals surface area contributed by atoms with Gasteiger partial charge in [-0.25, -0.2) is 9.97 Å². The van der Waals surface area contributed by atoms with Crippen LogP contribution in [0.2, 0.25) is 0 Å². The summed E-state index contributed by atoms with van der Waals surface area (Å²) in [5.74, 6) is 0.365. The fourth-order valence-corrected chi connectivity index (χ4v) is 3.04. The minimum atomic E-state index is -0.696. The molecule has 22 heavy (non-hydrogen) atoms. The zero-order valence-electron chi connectivity index (χ0n) is 11.8. The van der Waals surface area contributed by atoms with E-state index in [2.05, 4.69) is 9.97 Å². The first kappa shape index (κ1) is 13.4. The second-order valence-corrected chi connectivity index (χ2v) is 5.48. The molecule has 4 rings (SSSR count). The molecule has 3 heterocycles. The van der Waals surface area contributed by atoms with Crippen molar-refractivity contribution in [2.24, 2.45) is 0 Å². The molecular weight excluding hydrogens is 284 g/mol. The van der Waals surface area contributed by atoms with Crippen LogP contribution in [0, 0.1) is 0 Å². The summed E-state index contributed by atoms with van der Waals surface area (Å²) >= 11 is 0. The molecule has 0 radical (unpaired) electrons. The van der Waals surface area contributed by atoms with Gasteiger partial charge in [0.1, 0.15) is 17.8 Å². The van der Waals surface area contributed by atoms with Crippen molar-refractivity contribution in [1.82, 2.24) is 14.5 Å². The predicted molar refractivity (Wildman–Crippen MR) is 81.1 cm³/mol. The summed E-state index contributed by atoms with van der Waals surface area (Å²) < 4.78 is 7.58. The van der Waals surface area contributed by atoms with E-state index in [1.165, 1.54) is 0 Å². The summed E-state index contributed by atoms with van der Waals surface area (Å²) in [6.07, 6.45) is 0.382. The molecule has 4 N–H and O–H groups in total. The highest BCUT2D eigenvalue weighted by Gasteiger charge is 2.35. The highest BCUT2D eigenvalue weighted by Crippen LogP contribution is 2.34. The molecule has 1 aromatic carbocycles. The smallest absolute Gasteiger partial charge is 0.152 e. The number of para-hydroxylation sites is 1. The van der Waals surface area contributed by atoms with Crippen LogP contribution in [-0.4, -0.2) is 43.6 Å². The number of benzene rings is 1. The number of hydrogen-bond acceptors (Lipinski definition) is 6. The molecule has 0 saturated carbocycles. The van der Waals surface area contributed by atoms with Crippen LogP contribution in [0.15, 0.2) is 30.6 Å². The van der Waals surface area contributed by atoms with Crippen molar-refractivity contribution in [3.05, 3.63) is 30.6 Å². The number of aromatic nitrogens is 3. The Balaban J connectivity index is 1.92. The maximum absolute atomic E-state index is 9.94. The summed E-state index contributed by atoms with van der Waals surface area (Å²) in [4.78, 5) is 8.70. The first-order valence-corrected chi connectivity index (χ1v) is 7.14. The molecule has 7 nitrogen and oxygen atoms in total. The molecule has 1 saturated heterocycles. The molecule has 0 unspecified atom stereocenters. The number of aliphatic hydroxyl groups excluding tert-OH is 2. The number of rotatable bonds is 2. The predicted octanol–water partition coefficient (Wildman–Crippen LogP) is 0.807. The first-order chi connectivity index (χ1) is 10.7. The third kappa shape index (κ3) is 1.87. The van der Waals surface area contributed by atoms with Gasteiger partial charge in [0.15, 0.2) is 5.82 Å². The lowest BCUT2D eigenvalue weighted by atomic mass is 10.1. The third-order valence-electron chi connectivity index (χ3n) is 4.13. The third-order valence-corrected chi connectivity index (χ3v) is 4.13. The maximum atomic E-state index is 9.94. The van der Waals surface area contributed by atoms with E-state index in [0.717, 1.165) is 16.4 Å². The number of aliphatic hydroxyl groups is 2. The van der Waals surface area contributed by atoms with Crippen LogP contribution in [0.4, 0.5) is 5.82 Å². The number of pyridine rings is 1. The molecular formula is C15H16N4O3. The quantitative estimate of drug-likeness (QED) is 0.646. The van der Waals surface area contributed by atoms with Gasteiger partial charge in [0.05, 0.1) is 30.1 Å². The van der Waals surface area contributed by atoms with Crippen LogP contribution in [0.25, 0.3) is 21.9 Å². The Labute approximate surface area is 126 Å². The molecule has 2 aromatic heterocycles. The van der Waals surface area contributed by atoms with Gasteiger partial charge in [0, 0.05) is 11.8 Å². The second kappa shape index (κ2) is 4.91. The Bertz CT molecular complexity index is 847. The molecule has 1 fully saturated rings. The van der Waals surface area contributed by atoms with Crippen molar-refractivity contribution in [3.63, 3.8) is 0 Å². The zero-order chi connectivity index (χ0) is 15.3. The van der Waals surface area contributed by atoms with E-state index < -0.39 is 12.2 Å². The number of anilines is 1. The van der Waals surface area contributed by atoms with Crippen LogP contribution >= 0.6 is 0 Å². The lowest BCUT2D eigenvalue weighted by molar-refractivity contribution is -0.0430.